The number of carbonyl (C=O) groups is 1. The van der Waals surface area contributed by atoms with Gasteiger partial charge in [0.25, 0.3) is 5.69 Å². The molecule has 1 aromatic carbocycles. The van der Waals surface area contributed by atoms with Gasteiger partial charge in [-0.25, -0.2) is 4.79 Å². The van der Waals surface area contributed by atoms with Crippen molar-refractivity contribution < 1.29 is 19.6 Å². The van der Waals surface area contributed by atoms with Crippen LogP contribution in [0, 0.1) is 10.1 Å². The van der Waals surface area contributed by atoms with E-state index in [0.717, 1.165) is 0 Å². The Morgan fingerprint density at radius 1 is 1.33 bits per heavy atom. The fourth-order valence-corrected chi connectivity index (χ4v) is 4.69. The molecule has 0 spiro atoms. The number of rotatable bonds is 3. The first-order valence-electron chi connectivity index (χ1n) is 8.43. The predicted molar refractivity (Wildman–Crippen MR) is 99.9 cm³/mol. The van der Waals surface area contributed by atoms with E-state index in [1.54, 1.807) is 4.57 Å². The summed E-state index contributed by atoms with van der Waals surface area (Å²) in [6, 6.07) is 2.84. The summed E-state index contributed by atoms with van der Waals surface area (Å²) in [5, 5.41) is 21.7. The highest BCUT2D eigenvalue weighted by Gasteiger charge is 2.32. The normalized spacial score (nSPS) is 21.6. The zero-order valence-corrected chi connectivity index (χ0v) is 15.5. The van der Waals surface area contributed by atoms with Crippen molar-refractivity contribution in [1.29, 1.82) is 0 Å². The van der Waals surface area contributed by atoms with E-state index in [-0.39, 0.29) is 28.8 Å². The second-order valence-electron chi connectivity index (χ2n) is 6.79. The summed E-state index contributed by atoms with van der Waals surface area (Å²) in [6.07, 6.45) is -0.235. The number of thioether (sulfide) groups is 1. The molecule has 10 heteroatoms. The van der Waals surface area contributed by atoms with Gasteiger partial charge in [-0.15, -0.1) is 0 Å². The third kappa shape index (κ3) is 2.76. The van der Waals surface area contributed by atoms with E-state index in [9.17, 15) is 24.8 Å². The lowest BCUT2D eigenvalue weighted by Crippen LogP contribution is -2.45. The molecule has 2 aliphatic rings. The number of nitrogens with zero attached hydrogens (tertiary/aromatic N) is 3. The van der Waals surface area contributed by atoms with Gasteiger partial charge in [-0.2, -0.15) is 0 Å². The Morgan fingerprint density at radius 3 is 2.52 bits per heavy atom. The number of carboxylic acids is 1. The highest BCUT2D eigenvalue weighted by atomic mass is 32.2. The van der Waals surface area contributed by atoms with Crippen molar-refractivity contribution in [3.8, 4) is 0 Å². The quantitative estimate of drug-likeness (QED) is 0.626. The van der Waals surface area contributed by atoms with Gasteiger partial charge in [0.05, 0.1) is 33.6 Å². The van der Waals surface area contributed by atoms with Crippen LogP contribution in [-0.4, -0.2) is 45.9 Å². The molecule has 0 bridgehead atoms. The Labute approximate surface area is 157 Å². The predicted octanol–water partition coefficient (Wildman–Crippen LogP) is 2.28. The van der Waals surface area contributed by atoms with Crippen LogP contribution in [0.1, 0.15) is 24.2 Å². The number of anilines is 1. The van der Waals surface area contributed by atoms with E-state index in [4.69, 9.17) is 4.74 Å². The number of nitro groups is 1. The van der Waals surface area contributed by atoms with Crippen molar-refractivity contribution in [2.24, 2.45) is 0 Å². The number of aromatic nitrogens is 1. The number of nitro benzene ring substituents is 1. The molecule has 2 unspecified atom stereocenters. The molecule has 2 atom stereocenters. The smallest absolute Gasteiger partial charge is 0.342 e. The first kappa shape index (κ1) is 17.8. The summed E-state index contributed by atoms with van der Waals surface area (Å²) in [6.45, 7) is 4.66. The number of benzene rings is 1. The van der Waals surface area contributed by atoms with Gasteiger partial charge in [0.2, 0.25) is 5.43 Å². The zero-order chi connectivity index (χ0) is 19.5. The summed E-state index contributed by atoms with van der Waals surface area (Å²) < 4.78 is 7.33. The van der Waals surface area contributed by atoms with Crippen LogP contribution >= 0.6 is 11.8 Å². The van der Waals surface area contributed by atoms with Crippen LogP contribution in [0.25, 0.3) is 10.9 Å². The van der Waals surface area contributed by atoms with Crippen LogP contribution < -0.4 is 10.3 Å². The molecule has 1 N–H and O–H groups in total. The van der Waals surface area contributed by atoms with E-state index >= 15 is 0 Å². The molecule has 4 rings (SSSR count). The minimum atomic E-state index is -1.29. The second kappa shape index (κ2) is 6.24. The molecule has 0 radical (unpaired) electrons. The lowest BCUT2D eigenvalue weighted by molar-refractivity contribution is -0.384. The topological polar surface area (TPSA) is 115 Å². The van der Waals surface area contributed by atoms with Crippen LogP contribution in [0.15, 0.2) is 22.0 Å². The maximum absolute atomic E-state index is 12.8. The Morgan fingerprint density at radius 2 is 2.00 bits per heavy atom. The van der Waals surface area contributed by atoms with E-state index < -0.39 is 16.3 Å². The highest BCUT2D eigenvalue weighted by Crippen LogP contribution is 2.40. The summed E-state index contributed by atoms with van der Waals surface area (Å²) >= 11 is 1.25. The van der Waals surface area contributed by atoms with Gasteiger partial charge in [0.15, 0.2) is 0 Å². The van der Waals surface area contributed by atoms with Crippen molar-refractivity contribution in [3.05, 3.63) is 38.0 Å². The van der Waals surface area contributed by atoms with Crippen LogP contribution in [0.3, 0.4) is 0 Å². The van der Waals surface area contributed by atoms with Crippen molar-refractivity contribution in [2.75, 3.05) is 18.0 Å². The lowest BCUT2D eigenvalue weighted by atomic mass is 10.1. The first-order valence-corrected chi connectivity index (χ1v) is 9.42. The SMILES string of the molecule is CC1CN(c2cc3c(=O)c(C(=O)O)c4n(c3cc2[N+](=O)[O-])CS4)CC(C)O1. The molecule has 2 aromatic rings. The van der Waals surface area contributed by atoms with Gasteiger partial charge in [-0.3, -0.25) is 14.9 Å². The number of hydrogen-bond donors (Lipinski definition) is 1. The maximum Gasteiger partial charge on any atom is 0.342 e. The Hall–Kier alpha value is -2.59. The minimum Gasteiger partial charge on any atom is -0.477 e. The largest absolute Gasteiger partial charge is 0.477 e. The van der Waals surface area contributed by atoms with E-state index in [1.807, 2.05) is 18.7 Å². The summed E-state index contributed by atoms with van der Waals surface area (Å²) in [4.78, 5) is 37.4. The maximum atomic E-state index is 12.8. The summed E-state index contributed by atoms with van der Waals surface area (Å²) in [5.41, 5.74) is -0.277. The zero-order valence-electron chi connectivity index (χ0n) is 14.7. The highest BCUT2D eigenvalue weighted by molar-refractivity contribution is 7.99. The first-order chi connectivity index (χ1) is 12.8. The van der Waals surface area contributed by atoms with Crippen LogP contribution in [0.4, 0.5) is 11.4 Å². The van der Waals surface area contributed by atoms with Gasteiger partial charge < -0.3 is 19.3 Å². The minimum absolute atomic E-state index is 0.0992. The van der Waals surface area contributed by atoms with Gasteiger partial charge in [-0.05, 0) is 19.9 Å². The molecule has 1 saturated heterocycles. The van der Waals surface area contributed by atoms with Crippen molar-refractivity contribution in [1.82, 2.24) is 4.57 Å². The molecule has 3 heterocycles. The molecular formula is C17H17N3O6S. The molecule has 142 valence electrons. The third-order valence-electron chi connectivity index (χ3n) is 4.82. The van der Waals surface area contributed by atoms with Crippen molar-refractivity contribution in [2.45, 2.75) is 37.0 Å². The number of carboxylic acid groups (broad SMARTS) is 1. The third-order valence-corrected chi connectivity index (χ3v) is 5.90. The van der Waals surface area contributed by atoms with Gasteiger partial charge in [-0.1, -0.05) is 11.8 Å². The molecule has 1 aromatic heterocycles. The lowest BCUT2D eigenvalue weighted by Gasteiger charge is -2.36. The molecule has 2 aliphatic heterocycles. The molecular weight excluding hydrogens is 374 g/mol. The number of aromatic carboxylic acids is 1. The summed E-state index contributed by atoms with van der Waals surface area (Å²) in [7, 11) is 0. The Kier molecular flexibility index (Phi) is 4.11. The Balaban J connectivity index is 1.99. The van der Waals surface area contributed by atoms with E-state index in [2.05, 4.69) is 0 Å². The fourth-order valence-electron chi connectivity index (χ4n) is 3.75. The monoisotopic (exact) mass is 391 g/mol. The van der Waals surface area contributed by atoms with Gasteiger partial charge >= 0.3 is 5.97 Å². The standard InChI is InChI=1S/C17H17N3O6S/c1-8-5-18(6-9(2)26-8)12-3-10-11(4-13(12)20(24)25)19-7-27-16(19)14(15(10)21)17(22)23/h3-4,8-9H,5-7H2,1-2H3,(H,22,23). The number of fused-ring (bicyclic) bond motifs is 3. The van der Waals surface area contributed by atoms with Crippen LogP contribution in [0.2, 0.25) is 0 Å². The Bertz CT molecular complexity index is 1040. The molecule has 0 aliphatic carbocycles. The molecule has 1 fully saturated rings. The number of pyridine rings is 1. The van der Waals surface area contributed by atoms with Crippen LogP contribution in [-0.2, 0) is 10.6 Å². The second-order valence-corrected chi connectivity index (χ2v) is 7.73. The van der Waals surface area contributed by atoms with Gasteiger partial charge in [0.1, 0.15) is 11.3 Å². The molecule has 27 heavy (non-hydrogen) atoms. The number of ether oxygens (including phenoxy) is 1. The van der Waals surface area contributed by atoms with E-state index in [1.165, 1.54) is 23.9 Å². The van der Waals surface area contributed by atoms with Crippen LogP contribution in [0.5, 0.6) is 0 Å². The average Bonchev–Trinajstić information content (AvgIpc) is 2.55. The van der Waals surface area contributed by atoms with Gasteiger partial charge in [0, 0.05) is 24.5 Å². The van der Waals surface area contributed by atoms with E-state index in [0.29, 0.717) is 35.2 Å². The number of morpholine rings is 1. The van der Waals surface area contributed by atoms with Crippen molar-refractivity contribution in [3.63, 3.8) is 0 Å². The number of hydrogen-bond acceptors (Lipinski definition) is 7. The molecule has 0 saturated carbocycles. The summed E-state index contributed by atoms with van der Waals surface area (Å²) in [5.74, 6) is -0.833. The average molecular weight is 391 g/mol. The molecule has 0 amide bonds. The molecule has 9 nitrogen and oxygen atoms in total. The fraction of sp³-hybridized carbons (Fsp3) is 0.412. The van der Waals surface area contributed by atoms with Crippen molar-refractivity contribution >= 4 is 40.0 Å².